The number of aromatic hydroxyl groups is 1. The van der Waals surface area contributed by atoms with Crippen LogP contribution < -0.4 is 4.72 Å². The average molecular weight is 253 g/mol. The molecule has 0 aliphatic heterocycles. The second kappa shape index (κ2) is 4.10. The molecule has 0 saturated heterocycles. The Morgan fingerprint density at radius 3 is 2.76 bits per heavy atom. The van der Waals surface area contributed by atoms with Gasteiger partial charge < -0.3 is 10.1 Å². The highest BCUT2D eigenvalue weighted by atomic mass is 32.2. The van der Waals surface area contributed by atoms with Gasteiger partial charge in [-0.2, -0.15) is 8.42 Å². The predicted molar refractivity (Wildman–Crippen MR) is 62.2 cm³/mol. The van der Waals surface area contributed by atoms with Gasteiger partial charge in [0.05, 0.1) is 18.2 Å². The molecule has 6 nitrogen and oxygen atoms in total. The van der Waals surface area contributed by atoms with E-state index in [1.807, 2.05) is 0 Å². The number of aromatic nitrogens is 2. The van der Waals surface area contributed by atoms with Gasteiger partial charge in [0.1, 0.15) is 5.75 Å². The molecule has 0 bridgehead atoms. The number of imidazole rings is 1. The number of aryl methyl sites for hydroxylation is 1. The van der Waals surface area contributed by atoms with Crippen LogP contribution in [0.3, 0.4) is 0 Å². The third-order valence-electron chi connectivity index (χ3n) is 2.22. The first-order valence-corrected chi connectivity index (χ1v) is 6.28. The summed E-state index contributed by atoms with van der Waals surface area (Å²) < 4.78 is 26.1. The van der Waals surface area contributed by atoms with Gasteiger partial charge >= 0.3 is 0 Å². The monoisotopic (exact) mass is 253 g/mol. The summed E-state index contributed by atoms with van der Waals surface area (Å²) in [5.41, 5.74) is 1.05. The van der Waals surface area contributed by atoms with Crippen LogP contribution in [0.15, 0.2) is 35.7 Å². The molecular weight excluding hydrogens is 242 g/mol. The topological polar surface area (TPSA) is 95.1 Å². The smallest absolute Gasteiger partial charge is 0.278 e. The Hall–Kier alpha value is -2.02. The minimum atomic E-state index is -3.66. The van der Waals surface area contributed by atoms with Crippen molar-refractivity contribution in [3.63, 3.8) is 0 Å². The Morgan fingerprint density at radius 1 is 1.41 bits per heavy atom. The molecule has 0 aliphatic carbocycles. The van der Waals surface area contributed by atoms with E-state index in [2.05, 4.69) is 14.7 Å². The van der Waals surface area contributed by atoms with E-state index in [1.54, 1.807) is 6.92 Å². The van der Waals surface area contributed by atoms with Crippen molar-refractivity contribution in [3.8, 4) is 5.75 Å². The van der Waals surface area contributed by atoms with E-state index in [1.165, 1.54) is 30.7 Å². The van der Waals surface area contributed by atoms with Crippen LogP contribution in [0.2, 0.25) is 0 Å². The lowest BCUT2D eigenvalue weighted by Crippen LogP contribution is -2.14. The second-order valence-corrected chi connectivity index (χ2v) is 5.17. The van der Waals surface area contributed by atoms with Crippen molar-refractivity contribution >= 4 is 15.7 Å². The van der Waals surface area contributed by atoms with Crippen molar-refractivity contribution in [3.05, 3.63) is 36.3 Å². The molecule has 7 heteroatoms. The van der Waals surface area contributed by atoms with Gasteiger partial charge in [0.2, 0.25) is 0 Å². The summed E-state index contributed by atoms with van der Waals surface area (Å²) in [6.07, 6.45) is 2.51. The average Bonchev–Trinajstić information content (AvgIpc) is 2.76. The number of rotatable bonds is 3. The van der Waals surface area contributed by atoms with Crippen molar-refractivity contribution in [2.75, 3.05) is 4.72 Å². The molecule has 1 aromatic carbocycles. The number of sulfonamides is 1. The summed E-state index contributed by atoms with van der Waals surface area (Å²) >= 11 is 0. The van der Waals surface area contributed by atoms with Gasteiger partial charge in [0, 0.05) is 0 Å². The molecule has 0 saturated carbocycles. The fraction of sp³-hybridized carbons (Fsp3) is 0.100. The molecule has 90 valence electrons. The summed E-state index contributed by atoms with van der Waals surface area (Å²) in [6, 6.07) is 4.39. The highest BCUT2D eigenvalue weighted by Crippen LogP contribution is 2.22. The molecule has 0 amide bonds. The predicted octanol–water partition coefficient (Wildman–Crippen LogP) is 1.22. The SMILES string of the molecule is Cc1cc(O)ccc1NS(=O)(=O)c1cnc[nH]1. The van der Waals surface area contributed by atoms with Crippen molar-refractivity contribution in [2.45, 2.75) is 11.9 Å². The van der Waals surface area contributed by atoms with E-state index in [9.17, 15) is 13.5 Å². The van der Waals surface area contributed by atoms with Crippen molar-refractivity contribution in [2.24, 2.45) is 0 Å². The van der Waals surface area contributed by atoms with Crippen LogP contribution in [0.25, 0.3) is 0 Å². The molecule has 17 heavy (non-hydrogen) atoms. The third kappa shape index (κ3) is 2.39. The highest BCUT2D eigenvalue weighted by molar-refractivity contribution is 7.92. The largest absolute Gasteiger partial charge is 0.508 e. The van der Waals surface area contributed by atoms with E-state index < -0.39 is 10.0 Å². The maximum atomic E-state index is 11.9. The Bertz CT molecular complexity index is 620. The number of anilines is 1. The first-order chi connectivity index (χ1) is 7.99. The Morgan fingerprint density at radius 2 is 2.18 bits per heavy atom. The van der Waals surface area contributed by atoms with Crippen LogP contribution in [0, 0.1) is 6.92 Å². The van der Waals surface area contributed by atoms with E-state index >= 15 is 0 Å². The minimum Gasteiger partial charge on any atom is -0.508 e. The van der Waals surface area contributed by atoms with Crippen LogP contribution in [-0.2, 0) is 10.0 Å². The minimum absolute atomic E-state index is 0.00928. The zero-order valence-corrected chi connectivity index (χ0v) is 9.82. The molecule has 2 rings (SSSR count). The molecule has 0 aliphatic rings. The van der Waals surface area contributed by atoms with Crippen LogP contribution >= 0.6 is 0 Å². The number of nitrogens with zero attached hydrogens (tertiary/aromatic N) is 1. The molecule has 0 atom stereocenters. The van der Waals surface area contributed by atoms with Gasteiger partial charge in [-0.05, 0) is 30.7 Å². The first-order valence-electron chi connectivity index (χ1n) is 4.80. The van der Waals surface area contributed by atoms with Crippen LogP contribution in [0.5, 0.6) is 5.75 Å². The molecular formula is C10H11N3O3S. The number of nitrogens with one attached hydrogen (secondary N) is 2. The third-order valence-corrected chi connectivity index (χ3v) is 3.51. The zero-order chi connectivity index (χ0) is 12.5. The highest BCUT2D eigenvalue weighted by Gasteiger charge is 2.16. The summed E-state index contributed by atoms with van der Waals surface area (Å²) in [5, 5.41) is 9.22. The summed E-state index contributed by atoms with van der Waals surface area (Å²) in [4.78, 5) is 6.17. The van der Waals surface area contributed by atoms with Gasteiger partial charge in [0.15, 0.2) is 5.03 Å². The van der Waals surface area contributed by atoms with E-state index in [-0.39, 0.29) is 10.8 Å². The molecule has 1 heterocycles. The Kier molecular flexibility index (Phi) is 2.76. The molecule has 2 aromatic rings. The lowest BCUT2D eigenvalue weighted by atomic mass is 10.2. The van der Waals surface area contributed by atoms with Gasteiger partial charge in [0.25, 0.3) is 10.0 Å². The van der Waals surface area contributed by atoms with Crippen molar-refractivity contribution in [1.82, 2.24) is 9.97 Å². The molecule has 0 radical (unpaired) electrons. The standard InChI is InChI=1S/C10H11N3O3S/c1-7-4-8(14)2-3-9(7)13-17(15,16)10-5-11-6-12-10/h2-6,13-14H,1H3,(H,11,12). The fourth-order valence-electron chi connectivity index (χ4n) is 1.35. The quantitative estimate of drug-likeness (QED) is 0.717. The van der Waals surface area contributed by atoms with Crippen LogP contribution in [-0.4, -0.2) is 23.5 Å². The number of benzene rings is 1. The number of hydrogen-bond acceptors (Lipinski definition) is 4. The van der Waals surface area contributed by atoms with Crippen molar-refractivity contribution < 1.29 is 13.5 Å². The van der Waals surface area contributed by atoms with E-state index in [0.29, 0.717) is 11.3 Å². The van der Waals surface area contributed by atoms with Gasteiger partial charge in [-0.3, -0.25) is 4.72 Å². The molecule has 1 aromatic heterocycles. The Balaban J connectivity index is 2.33. The number of H-pyrrole nitrogens is 1. The Labute approximate surface area is 98.4 Å². The number of hydrogen-bond donors (Lipinski definition) is 3. The molecule has 3 N–H and O–H groups in total. The summed E-state index contributed by atoms with van der Waals surface area (Å²) in [7, 11) is -3.66. The number of phenols is 1. The lowest BCUT2D eigenvalue weighted by Gasteiger charge is -2.09. The molecule has 0 fully saturated rings. The zero-order valence-electron chi connectivity index (χ0n) is 9.01. The normalized spacial score (nSPS) is 11.4. The molecule has 0 unspecified atom stereocenters. The van der Waals surface area contributed by atoms with Gasteiger partial charge in [-0.25, -0.2) is 4.98 Å². The maximum absolute atomic E-state index is 11.9. The molecule has 0 spiro atoms. The van der Waals surface area contributed by atoms with E-state index in [4.69, 9.17) is 0 Å². The lowest BCUT2D eigenvalue weighted by molar-refractivity contribution is 0.475. The van der Waals surface area contributed by atoms with Gasteiger partial charge in [-0.1, -0.05) is 0 Å². The maximum Gasteiger partial charge on any atom is 0.278 e. The summed E-state index contributed by atoms with van der Waals surface area (Å²) in [6.45, 7) is 1.70. The van der Waals surface area contributed by atoms with Crippen molar-refractivity contribution in [1.29, 1.82) is 0 Å². The first kappa shape index (κ1) is 11.5. The van der Waals surface area contributed by atoms with E-state index in [0.717, 1.165) is 0 Å². The summed E-state index contributed by atoms with van der Waals surface area (Å²) in [5.74, 6) is 0.0898. The fourth-order valence-corrected chi connectivity index (χ4v) is 2.39. The van der Waals surface area contributed by atoms with Gasteiger partial charge in [-0.15, -0.1) is 0 Å². The van der Waals surface area contributed by atoms with Crippen LogP contribution in [0.4, 0.5) is 5.69 Å². The number of aromatic amines is 1. The second-order valence-electron chi connectivity index (χ2n) is 3.52. The van der Waals surface area contributed by atoms with Crippen LogP contribution in [0.1, 0.15) is 5.56 Å². The number of phenolic OH excluding ortho intramolecular Hbond substituents is 1.